The van der Waals surface area contributed by atoms with Crippen molar-refractivity contribution in [2.24, 2.45) is 0 Å². The smallest absolute Gasteiger partial charge is 0.328 e. The number of methoxy groups -OCH3 is 1. The molecule has 0 radical (unpaired) electrons. The molecule has 17 heavy (non-hydrogen) atoms. The normalized spacial score (nSPS) is 18.8. The standard InChI is InChI=1S/C13H16BrNO2/c1-8-6-10(14)7-9(2)12(8)15-5-4-11(15)13(16)17-3/h6-7,11H,4-5H2,1-3H3. The Balaban J connectivity index is 2.32. The maximum absolute atomic E-state index is 11.6. The van der Waals surface area contributed by atoms with Gasteiger partial charge in [-0.1, -0.05) is 15.9 Å². The lowest BCUT2D eigenvalue weighted by Gasteiger charge is -2.42. The minimum Gasteiger partial charge on any atom is -0.467 e. The summed E-state index contributed by atoms with van der Waals surface area (Å²) in [6.07, 6.45) is 0.877. The van der Waals surface area contributed by atoms with Crippen molar-refractivity contribution in [1.82, 2.24) is 0 Å². The number of benzene rings is 1. The molecule has 0 aliphatic carbocycles. The summed E-state index contributed by atoms with van der Waals surface area (Å²) in [5, 5.41) is 0. The molecule has 1 aromatic rings. The molecular weight excluding hydrogens is 282 g/mol. The van der Waals surface area contributed by atoms with E-state index in [9.17, 15) is 4.79 Å². The van der Waals surface area contributed by atoms with E-state index >= 15 is 0 Å². The number of hydrogen-bond donors (Lipinski definition) is 0. The molecular formula is C13H16BrNO2. The van der Waals surface area contributed by atoms with Crippen LogP contribution in [0.1, 0.15) is 17.5 Å². The maximum atomic E-state index is 11.6. The summed E-state index contributed by atoms with van der Waals surface area (Å²) < 4.78 is 5.89. The SMILES string of the molecule is COC(=O)C1CCN1c1c(C)cc(Br)cc1C. The fourth-order valence-corrected chi connectivity index (χ4v) is 3.08. The molecule has 0 amide bonds. The number of rotatable bonds is 2. The second-order valence-corrected chi connectivity index (χ2v) is 5.32. The van der Waals surface area contributed by atoms with Gasteiger partial charge in [-0.2, -0.15) is 0 Å². The summed E-state index contributed by atoms with van der Waals surface area (Å²) in [5.74, 6) is -0.141. The van der Waals surface area contributed by atoms with Crippen molar-refractivity contribution in [2.75, 3.05) is 18.6 Å². The molecule has 2 rings (SSSR count). The first-order chi connectivity index (χ1) is 8.04. The maximum Gasteiger partial charge on any atom is 0.328 e. The minimum atomic E-state index is -0.141. The van der Waals surface area contributed by atoms with Gasteiger partial charge in [0.15, 0.2) is 0 Å². The van der Waals surface area contributed by atoms with Crippen LogP contribution in [0.25, 0.3) is 0 Å². The summed E-state index contributed by atoms with van der Waals surface area (Å²) in [5.41, 5.74) is 3.53. The van der Waals surface area contributed by atoms with Crippen LogP contribution in [-0.4, -0.2) is 25.7 Å². The number of anilines is 1. The fourth-order valence-electron chi connectivity index (χ4n) is 2.39. The van der Waals surface area contributed by atoms with Crippen LogP contribution in [0, 0.1) is 13.8 Å². The predicted octanol–water partition coefficient (Wildman–Crippen LogP) is 2.82. The van der Waals surface area contributed by atoms with Gasteiger partial charge in [0.2, 0.25) is 0 Å². The average Bonchev–Trinajstić information content (AvgIpc) is 2.21. The van der Waals surface area contributed by atoms with Crippen LogP contribution in [0.5, 0.6) is 0 Å². The van der Waals surface area contributed by atoms with Gasteiger partial charge >= 0.3 is 5.97 Å². The van der Waals surface area contributed by atoms with E-state index in [0.717, 1.165) is 23.1 Å². The summed E-state index contributed by atoms with van der Waals surface area (Å²) in [6, 6.07) is 4.04. The van der Waals surface area contributed by atoms with Crippen molar-refractivity contribution in [2.45, 2.75) is 26.3 Å². The zero-order chi connectivity index (χ0) is 12.6. The first-order valence-electron chi connectivity index (χ1n) is 5.66. The van der Waals surface area contributed by atoms with E-state index < -0.39 is 0 Å². The molecule has 0 saturated carbocycles. The van der Waals surface area contributed by atoms with Crippen molar-refractivity contribution >= 4 is 27.6 Å². The number of aryl methyl sites for hydroxylation is 2. The van der Waals surface area contributed by atoms with E-state index in [1.54, 1.807) is 0 Å². The third-order valence-corrected chi connectivity index (χ3v) is 3.69. The van der Waals surface area contributed by atoms with Crippen molar-refractivity contribution in [1.29, 1.82) is 0 Å². The van der Waals surface area contributed by atoms with Crippen LogP contribution < -0.4 is 4.90 Å². The van der Waals surface area contributed by atoms with E-state index in [1.807, 2.05) is 0 Å². The monoisotopic (exact) mass is 297 g/mol. The summed E-state index contributed by atoms with van der Waals surface area (Å²) in [6.45, 7) is 5.06. The molecule has 0 bridgehead atoms. The second-order valence-electron chi connectivity index (χ2n) is 4.41. The van der Waals surface area contributed by atoms with E-state index in [0.29, 0.717) is 0 Å². The molecule has 1 aliphatic heterocycles. The van der Waals surface area contributed by atoms with Crippen molar-refractivity contribution in [3.05, 3.63) is 27.7 Å². The topological polar surface area (TPSA) is 29.5 Å². The Labute approximate surface area is 110 Å². The molecule has 0 aromatic heterocycles. The largest absolute Gasteiger partial charge is 0.467 e. The van der Waals surface area contributed by atoms with Gasteiger partial charge in [-0.25, -0.2) is 4.79 Å². The van der Waals surface area contributed by atoms with Crippen LogP contribution in [0.3, 0.4) is 0 Å². The van der Waals surface area contributed by atoms with Crippen molar-refractivity contribution in [3.63, 3.8) is 0 Å². The van der Waals surface area contributed by atoms with Gasteiger partial charge < -0.3 is 9.64 Å². The molecule has 0 N–H and O–H groups in total. The van der Waals surface area contributed by atoms with Gasteiger partial charge in [-0.05, 0) is 43.5 Å². The van der Waals surface area contributed by atoms with E-state index in [4.69, 9.17) is 4.74 Å². The molecule has 1 heterocycles. The van der Waals surface area contributed by atoms with Gasteiger partial charge in [0.1, 0.15) is 6.04 Å². The van der Waals surface area contributed by atoms with Gasteiger partial charge in [0.05, 0.1) is 7.11 Å². The van der Waals surface area contributed by atoms with Crippen LogP contribution in [-0.2, 0) is 9.53 Å². The minimum absolute atomic E-state index is 0.112. The Bertz CT molecular complexity index is 436. The summed E-state index contributed by atoms with van der Waals surface area (Å²) in [4.78, 5) is 13.7. The molecule has 1 saturated heterocycles. The van der Waals surface area contributed by atoms with Crippen LogP contribution in [0.15, 0.2) is 16.6 Å². The number of ether oxygens (including phenoxy) is 1. The van der Waals surface area contributed by atoms with E-state index in [1.165, 1.54) is 18.2 Å². The van der Waals surface area contributed by atoms with Gasteiger partial charge in [0.25, 0.3) is 0 Å². The van der Waals surface area contributed by atoms with Crippen LogP contribution >= 0.6 is 15.9 Å². The van der Waals surface area contributed by atoms with E-state index in [2.05, 4.69) is 46.8 Å². The molecule has 1 aromatic carbocycles. The average molecular weight is 298 g/mol. The Kier molecular flexibility index (Phi) is 3.43. The summed E-state index contributed by atoms with van der Waals surface area (Å²) in [7, 11) is 1.44. The quantitative estimate of drug-likeness (QED) is 0.786. The van der Waals surface area contributed by atoms with Crippen molar-refractivity contribution < 1.29 is 9.53 Å². The number of esters is 1. The Morgan fingerprint density at radius 2 is 2.00 bits per heavy atom. The number of hydrogen-bond acceptors (Lipinski definition) is 3. The molecule has 1 aliphatic rings. The second kappa shape index (κ2) is 4.69. The molecule has 3 nitrogen and oxygen atoms in total. The Morgan fingerprint density at radius 3 is 2.41 bits per heavy atom. The zero-order valence-corrected chi connectivity index (χ0v) is 11.9. The Hall–Kier alpha value is -1.03. The third kappa shape index (κ3) is 2.18. The van der Waals surface area contributed by atoms with E-state index in [-0.39, 0.29) is 12.0 Å². The summed E-state index contributed by atoms with van der Waals surface area (Å²) >= 11 is 3.48. The van der Waals surface area contributed by atoms with Gasteiger partial charge in [-0.15, -0.1) is 0 Å². The van der Waals surface area contributed by atoms with Crippen molar-refractivity contribution in [3.8, 4) is 0 Å². The number of halogens is 1. The highest BCUT2D eigenvalue weighted by Gasteiger charge is 2.36. The fraction of sp³-hybridized carbons (Fsp3) is 0.462. The highest BCUT2D eigenvalue weighted by molar-refractivity contribution is 9.10. The number of carbonyl (C=O) groups excluding carboxylic acids is 1. The molecule has 4 heteroatoms. The number of nitrogens with zero attached hydrogens (tertiary/aromatic N) is 1. The third-order valence-electron chi connectivity index (χ3n) is 3.24. The lowest BCUT2D eigenvalue weighted by Crippen LogP contribution is -2.53. The van der Waals surface area contributed by atoms with Crippen LogP contribution in [0.4, 0.5) is 5.69 Å². The zero-order valence-electron chi connectivity index (χ0n) is 10.3. The molecule has 1 fully saturated rings. The molecule has 1 atom stereocenters. The molecule has 1 unspecified atom stereocenters. The van der Waals surface area contributed by atoms with Gasteiger partial charge in [-0.3, -0.25) is 0 Å². The highest BCUT2D eigenvalue weighted by atomic mass is 79.9. The lowest BCUT2D eigenvalue weighted by atomic mass is 9.98. The first kappa shape index (κ1) is 12.4. The Morgan fingerprint density at radius 1 is 1.41 bits per heavy atom. The predicted molar refractivity (Wildman–Crippen MR) is 71.4 cm³/mol. The first-order valence-corrected chi connectivity index (χ1v) is 6.45. The van der Waals surface area contributed by atoms with Gasteiger partial charge in [0, 0.05) is 16.7 Å². The molecule has 0 spiro atoms. The number of carbonyl (C=O) groups is 1. The van der Waals surface area contributed by atoms with Crippen LogP contribution in [0.2, 0.25) is 0 Å². The molecule has 92 valence electrons. The lowest BCUT2D eigenvalue weighted by molar-refractivity contribution is -0.143. The highest BCUT2D eigenvalue weighted by Crippen LogP contribution is 2.34.